The molecule has 27 heavy (non-hydrogen) atoms. The third-order valence-electron chi connectivity index (χ3n) is 3.54. The van der Waals surface area contributed by atoms with E-state index in [9.17, 15) is 26.4 Å². The van der Waals surface area contributed by atoms with Crippen LogP contribution in [0.5, 0.6) is 0 Å². The van der Waals surface area contributed by atoms with Gasteiger partial charge >= 0.3 is 6.18 Å². The molecule has 2 aromatic carbocycles. The molecule has 0 bridgehead atoms. The van der Waals surface area contributed by atoms with E-state index in [0.717, 1.165) is 12.1 Å². The minimum absolute atomic E-state index is 0.304. The van der Waals surface area contributed by atoms with Crippen molar-refractivity contribution in [1.82, 2.24) is 4.72 Å². The molecule has 2 aromatic rings. The van der Waals surface area contributed by atoms with Gasteiger partial charge in [0.05, 0.1) is 22.1 Å². The van der Waals surface area contributed by atoms with Gasteiger partial charge in [0, 0.05) is 7.11 Å². The first-order chi connectivity index (χ1) is 12.6. The fourth-order valence-electron chi connectivity index (χ4n) is 2.29. The number of benzene rings is 2. The van der Waals surface area contributed by atoms with E-state index in [1.165, 1.54) is 25.3 Å². The second-order valence-corrected chi connectivity index (χ2v) is 7.00. The first-order valence-electron chi connectivity index (χ1n) is 7.36. The number of nitrogens with one attached hydrogen (secondary N) is 1. The number of amides is 1. The van der Waals surface area contributed by atoms with Crippen LogP contribution in [0, 0.1) is 11.3 Å². The standard InChI is InChI=1S/C17H13F3N2O4S/c1-26-15(11-5-3-2-4-6-11)16(23)22-27(24,25)13-8-7-12(10-21)14(9-13)17(18,19)20/h2-9,15H,1H3,(H,22,23)/t15-/m1/s1. The zero-order valence-electron chi connectivity index (χ0n) is 13.8. The Morgan fingerprint density at radius 1 is 1.19 bits per heavy atom. The van der Waals surface area contributed by atoms with Crippen molar-refractivity contribution in [3.8, 4) is 6.07 Å². The molecule has 0 fully saturated rings. The number of nitrogens with zero attached hydrogens (tertiary/aromatic N) is 1. The molecular formula is C17H13F3N2O4S. The second kappa shape index (κ2) is 7.77. The summed E-state index contributed by atoms with van der Waals surface area (Å²) in [7, 11) is -3.43. The van der Waals surface area contributed by atoms with Crippen LogP contribution in [0.3, 0.4) is 0 Å². The van der Waals surface area contributed by atoms with Crippen LogP contribution < -0.4 is 4.72 Å². The lowest BCUT2D eigenvalue weighted by atomic mass is 10.1. The highest BCUT2D eigenvalue weighted by Crippen LogP contribution is 2.33. The zero-order chi connectivity index (χ0) is 20.2. The number of nitriles is 1. The van der Waals surface area contributed by atoms with E-state index in [1.807, 2.05) is 0 Å². The van der Waals surface area contributed by atoms with Gasteiger partial charge in [0.2, 0.25) is 0 Å². The predicted octanol–water partition coefficient (Wildman–Crippen LogP) is 2.77. The van der Waals surface area contributed by atoms with Crippen molar-refractivity contribution in [3.05, 3.63) is 65.2 Å². The van der Waals surface area contributed by atoms with E-state index < -0.39 is 44.2 Å². The lowest BCUT2D eigenvalue weighted by Crippen LogP contribution is -2.35. The SMILES string of the molecule is CO[C@@H](C(=O)NS(=O)(=O)c1ccc(C#N)c(C(F)(F)F)c1)c1ccccc1. The number of methoxy groups -OCH3 is 1. The Morgan fingerprint density at radius 2 is 1.81 bits per heavy atom. The van der Waals surface area contributed by atoms with Gasteiger partial charge in [-0.25, -0.2) is 13.1 Å². The first-order valence-corrected chi connectivity index (χ1v) is 8.84. The Hall–Kier alpha value is -2.90. The van der Waals surface area contributed by atoms with E-state index in [4.69, 9.17) is 10.00 Å². The van der Waals surface area contributed by atoms with Crippen molar-refractivity contribution in [1.29, 1.82) is 5.26 Å². The number of ether oxygens (including phenoxy) is 1. The maximum atomic E-state index is 13.0. The summed E-state index contributed by atoms with van der Waals surface area (Å²) in [5, 5.41) is 8.77. The van der Waals surface area contributed by atoms with E-state index >= 15 is 0 Å². The highest BCUT2D eigenvalue weighted by Gasteiger charge is 2.35. The van der Waals surface area contributed by atoms with Crippen molar-refractivity contribution in [3.63, 3.8) is 0 Å². The lowest BCUT2D eigenvalue weighted by Gasteiger charge is -2.16. The van der Waals surface area contributed by atoms with Gasteiger partial charge in [0.25, 0.3) is 15.9 Å². The third kappa shape index (κ3) is 4.64. The Labute approximate surface area is 153 Å². The molecule has 1 amide bonds. The summed E-state index contributed by atoms with van der Waals surface area (Å²) in [6.45, 7) is 0. The van der Waals surface area contributed by atoms with E-state index in [0.29, 0.717) is 11.6 Å². The van der Waals surface area contributed by atoms with Gasteiger partial charge in [-0.2, -0.15) is 18.4 Å². The molecule has 0 radical (unpaired) electrons. The molecule has 0 aliphatic rings. The molecule has 1 N–H and O–H groups in total. The van der Waals surface area contributed by atoms with Gasteiger partial charge in [-0.15, -0.1) is 0 Å². The minimum atomic E-state index is -4.93. The summed E-state index contributed by atoms with van der Waals surface area (Å²) in [5.74, 6) is -1.07. The molecule has 142 valence electrons. The van der Waals surface area contributed by atoms with Crippen molar-refractivity contribution in [2.45, 2.75) is 17.2 Å². The largest absolute Gasteiger partial charge is 0.417 e. The van der Waals surface area contributed by atoms with Crippen molar-refractivity contribution in [2.75, 3.05) is 7.11 Å². The second-order valence-electron chi connectivity index (χ2n) is 5.31. The summed E-state index contributed by atoms with van der Waals surface area (Å²) in [6.07, 6.45) is -6.21. The third-order valence-corrected chi connectivity index (χ3v) is 4.88. The van der Waals surface area contributed by atoms with Gasteiger partial charge in [-0.05, 0) is 23.8 Å². The Bertz CT molecular complexity index is 983. The number of halogens is 3. The number of carbonyl (C=O) groups excluding carboxylic acids is 1. The van der Waals surface area contributed by atoms with Gasteiger partial charge < -0.3 is 4.74 Å². The average molecular weight is 398 g/mol. The first kappa shape index (κ1) is 20.4. The topological polar surface area (TPSA) is 96.3 Å². The molecule has 0 aliphatic heterocycles. The van der Waals surface area contributed by atoms with Gasteiger partial charge in [-0.1, -0.05) is 30.3 Å². The van der Waals surface area contributed by atoms with Gasteiger partial charge in [0.15, 0.2) is 6.10 Å². The number of alkyl halides is 3. The van der Waals surface area contributed by atoms with Crippen LogP contribution in [0.4, 0.5) is 13.2 Å². The van der Waals surface area contributed by atoms with Gasteiger partial charge in [0.1, 0.15) is 0 Å². The maximum absolute atomic E-state index is 13.0. The number of hydrogen-bond acceptors (Lipinski definition) is 5. The zero-order valence-corrected chi connectivity index (χ0v) is 14.6. The molecule has 0 saturated carbocycles. The minimum Gasteiger partial charge on any atom is -0.367 e. The Balaban J connectivity index is 2.36. The van der Waals surface area contributed by atoms with Crippen LogP contribution in [0.25, 0.3) is 0 Å². The molecule has 0 heterocycles. The fourth-order valence-corrected chi connectivity index (χ4v) is 3.30. The molecule has 0 unspecified atom stereocenters. The van der Waals surface area contributed by atoms with Gasteiger partial charge in [-0.3, -0.25) is 4.79 Å². The van der Waals surface area contributed by atoms with E-state index in [2.05, 4.69) is 0 Å². The fraction of sp³-hybridized carbons (Fsp3) is 0.176. The summed E-state index contributed by atoms with van der Waals surface area (Å²) >= 11 is 0. The maximum Gasteiger partial charge on any atom is 0.417 e. The van der Waals surface area contributed by atoms with Crippen molar-refractivity contribution >= 4 is 15.9 Å². The number of carbonyl (C=O) groups is 1. The summed E-state index contributed by atoms with van der Waals surface area (Å²) < 4.78 is 70.4. The van der Waals surface area contributed by atoms with Crippen LogP contribution in [0.2, 0.25) is 0 Å². The molecule has 6 nitrogen and oxygen atoms in total. The number of rotatable bonds is 5. The van der Waals surface area contributed by atoms with E-state index in [1.54, 1.807) is 22.9 Å². The molecule has 0 saturated heterocycles. The molecule has 0 aliphatic carbocycles. The molecule has 1 atom stereocenters. The van der Waals surface area contributed by atoms with E-state index in [-0.39, 0.29) is 0 Å². The van der Waals surface area contributed by atoms with Crippen molar-refractivity contribution in [2.24, 2.45) is 0 Å². The van der Waals surface area contributed by atoms with Crippen LogP contribution in [0.1, 0.15) is 22.8 Å². The molecular weight excluding hydrogens is 385 g/mol. The monoisotopic (exact) mass is 398 g/mol. The van der Waals surface area contributed by atoms with Crippen LogP contribution in [-0.2, 0) is 25.7 Å². The smallest absolute Gasteiger partial charge is 0.367 e. The van der Waals surface area contributed by atoms with Crippen LogP contribution in [0.15, 0.2) is 53.4 Å². The number of hydrogen-bond donors (Lipinski definition) is 1. The quantitative estimate of drug-likeness (QED) is 0.836. The van der Waals surface area contributed by atoms with Crippen LogP contribution in [-0.4, -0.2) is 21.4 Å². The highest BCUT2D eigenvalue weighted by atomic mass is 32.2. The molecule has 0 aromatic heterocycles. The molecule has 2 rings (SSSR count). The normalized spacial score (nSPS) is 12.9. The number of sulfonamides is 1. The van der Waals surface area contributed by atoms with Crippen molar-refractivity contribution < 1.29 is 31.1 Å². The highest BCUT2D eigenvalue weighted by molar-refractivity contribution is 7.90. The Kier molecular flexibility index (Phi) is 5.88. The molecule has 0 spiro atoms. The summed E-state index contributed by atoms with van der Waals surface area (Å²) in [4.78, 5) is 11.5. The summed E-state index contributed by atoms with van der Waals surface area (Å²) in [6, 6.07) is 11.2. The predicted molar refractivity (Wildman–Crippen MR) is 87.7 cm³/mol. The summed E-state index contributed by atoms with van der Waals surface area (Å²) in [5.41, 5.74) is -1.78. The average Bonchev–Trinajstić information content (AvgIpc) is 2.61. The van der Waals surface area contributed by atoms with Crippen LogP contribution >= 0.6 is 0 Å². The Morgan fingerprint density at radius 3 is 2.33 bits per heavy atom. The molecule has 10 heteroatoms. The lowest BCUT2D eigenvalue weighted by molar-refractivity contribution is -0.138.